The van der Waals surface area contributed by atoms with Gasteiger partial charge in [0.25, 0.3) is 0 Å². The van der Waals surface area contributed by atoms with E-state index in [1.807, 2.05) is 6.92 Å². The van der Waals surface area contributed by atoms with Crippen molar-refractivity contribution in [2.24, 2.45) is 0 Å². The summed E-state index contributed by atoms with van der Waals surface area (Å²) in [6, 6.07) is 4.19. The highest BCUT2D eigenvalue weighted by Crippen LogP contribution is 2.22. The highest BCUT2D eigenvalue weighted by atomic mass is 79.9. The molecule has 1 aromatic carbocycles. The fraction of sp³-hybridized carbons (Fsp3) is 0.364. The Morgan fingerprint density at radius 3 is 2.88 bits per heavy atom. The van der Waals surface area contributed by atoms with Crippen molar-refractivity contribution < 1.29 is 13.9 Å². The quantitative estimate of drug-likeness (QED) is 0.866. The van der Waals surface area contributed by atoms with Gasteiger partial charge in [-0.05, 0) is 18.6 Å². The van der Waals surface area contributed by atoms with Crippen molar-refractivity contribution in [3.8, 4) is 5.75 Å². The molecule has 0 radical (unpaired) electrons. The van der Waals surface area contributed by atoms with Gasteiger partial charge in [0, 0.05) is 11.8 Å². The first kappa shape index (κ1) is 13.0. The van der Waals surface area contributed by atoms with Crippen LogP contribution in [-0.2, 0) is 4.79 Å². The summed E-state index contributed by atoms with van der Waals surface area (Å²) in [5.41, 5.74) is 0.515. The third-order valence-electron chi connectivity index (χ3n) is 2.06. The molecule has 0 saturated heterocycles. The number of hydrogen-bond donors (Lipinski definition) is 1. The first-order chi connectivity index (χ1) is 7.58. The summed E-state index contributed by atoms with van der Waals surface area (Å²) in [5, 5.41) is 2.66. The Labute approximate surface area is 102 Å². The maximum absolute atomic E-state index is 13.1. The van der Waals surface area contributed by atoms with Crippen molar-refractivity contribution in [3.63, 3.8) is 0 Å². The molecular weight excluding hydrogens is 277 g/mol. The Hall–Kier alpha value is -1.10. The van der Waals surface area contributed by atoms with Gasteiger partial charge in [-0.15, -0.1) is 0 Å². The van der Waals surface area contributed by atoms with E-state index in [0.717, 1.165) is 0 Å². The summed E-state index contributed by atoms with van der Waals surface area (Å²) in [6.45, 7) is 1.89. The predicted molar refractivity (Wildman–Crippen MR) is 64.6 cm³/mol. The van der Waals surface area contributed by atoms with E-state index in [2.05, 4.69) is 21.2 Å². The van der Waals surface area contributed by atoms with Gasteiger partial charge in [-0.2, -0.15) is 0 Å². The standard InChI is InChI=1S/C11H13BrFNO2/c1-3-8(12)11(15)14-7-4-5-9(13)10(6-7)16-2/h4-6,8H,3H2,1-2H3,(H,14,15). The average Bonchev–Trinajstić information content (AvgIpc) is 2.30. The first-order valence-electron chi connectivity index (χ1n) is 4.87. The molecule has 1 atom stereocenters. The van der Waals surface area contributed by atoms with E-state index in [4.69, 9.17) is 4.74 Å². The lowest BCUT2D eigenvalue weighted by molar-refractivity contribution is -0.115. The number of hydrogen-bond acceptors (Lipinski definition) is 2. The van der Waals surface area contributed by atoms with Gasteiger partial charge in [0.2, 0.25) is 5.91 Å². The van der Waals surface area contributed by atoms with Gasteiger partial charge in [0.05, 0.1) is 11.9 Å². The predicted octanol–water partition coefficient (Wildman–Crippen LogP) is 2.95. The van der Waals surface area contributed by atoms with E-state index in [-0.39, 0.29) is 16.5 Å². The van der Waals surface area contributed by atoms with Crippen molar-refractivity contribution in [3.05, 3.63) is 24.0 Å². The monoisotopic (exact) mass is 289 g/mol. The Bertz CT molecular complexity index is 384. The third-order valence-corrected chi connectivity index (χ3v) is 3.12. The van der Waals surface area contributed by atoms with Crippen molar-refractivity contribution in [2.75, 3.05) is 12.4 Å². The second-order valence-corrected chi connectivity index (χ2v) is 4.32. The van der Waals surface area contributed by atoms with Crippen LogP contribution in [-0.4, -0.2) is 17.8 Å². The van der Waals surface area contributed by atoms with Gasteiger partial charge < -0.3 is 10.1 Å². The van der Waals surface area contributed by atoms with Crippen LogP contribution in [0.3, 0.4) is 0 Å². The summed E-state index contributed by atoms with van der Waals surface area (Å²) >= 11 is 3.23. The van der Waals surface area contributed by atoms with Gasteiger partial charge in [-0.3, -0.25) is 4.79 Å². The molecule has 0 heterocycles. The summed E-state index contributed by atoms with van der Waals surface area (Å²) in [4.78, 5) is 11.3. The molecule has 0 aliphatic heterocycles. The van der Waals surface area contributed by atoms with Crippen LogP contribution in [0.25, 0.3) is 0 Å². The lowest BCUT2D eigenvalue weighted by atomic mass is 10.2. The summed E-state index contributed by atoms with van der Waals surface area (Å²) < 4.78 is 17.9. The van der Waals surface area contributed by atoms with E-state index in [1.165, 1.54) is 25.3 Å². The highest BCUT2D eigenvalue weighted by Gasteiger charge is 2.13. The molecule has 0 saturated carbocycles. The Morgan fingerprint density at radius 1 is 1.62 bits per heavy atom. The molecule has 1 unspecified atom stereocenters. The number of anilines is 1. The third kappa shape index (κ3) is 3.20. The van der Waals surface area contributed by atoms with Crippen molar-refractivity contribution in [2.45, 2.75) is 18.2 Å². The van der Waals surface area contributed by atoms with Gasteiger partial charge in [0.1, 0.15) is 0 Å². The van der Waals surface area contributed by atoms with Gasteiger partial charge in [-0.1, -0.05) is 22.9 Å². The smallest absolute Gasteiger partial charge is 0.238 e. The van der Waals surface area contributed by atoms with Crippen molar-refractivity contribution >= 4 is 27.5 Å². The van der Waals surface area contributed by atoms with Crippen LogP contribution in [0.15, 0.2) is 18.2 Å². The van der Waals surface area contributed by atoms with E-state index < -0.39 is 5.82 Å². The Balaban J connectivity index is 2.78. The minimum absolute atomic E-state index is 0.112. The number of alkyl halides is 1. The second kappa shape index (κ2) is 5.84. The van der Waals surface area contributed by atoms with Gasteiger partial charge in [-0.25, -0.2) is 4.39 Å². The fourth-order valence-electron chi connectivity index (χ4n) is 1.14. The normalized spacial score (nSPS) is 12.0. The molecule has 16 heavy (non-hydrogen) atoms. The van der Waals surface area contributed by atoms with Gasteiger partial charge >= 0.3 is 0 Å². The minimum atomic E-state index is -0.452. The fourth-order valence-corrected chi connectivity index (χ4v) is 1.26. The van der Waals surface area contributed by atoms with Crippen LogP contribution in [0.5, 0.6) is 5.75 Å². The second-order valence-electron chi connectivity index (χ2n) is 3.21. The van der Waals surface area contributed by atoms with E-state index in [1.54, 1.807) is 0 Å². The van der Waals surface area contributed by atoms with E-state index in [0.29, 0.717) is 12.1 Å². The molecule has 0 fully saturated rings. The largest absolute Gasteiger partial charge is 0.494 e. The molecule has 0 spiro atoms. The number of benzene rings is 1. The Kier molecular flexibility index (Phi) is 4.73. The molecule has 0 bridgehead atoms. The lowest BCUT2D eigenvalue weighted by Gasteiger charge is -2.10. The van der Waals surface area contributed by atoms with Gasteiger partial charge in [0.15, 0.2) is 11.6 Å². The molecule has 3 nitrogen and oxygen atoms in total. The van der Waals surface area contributed by atoms with Crippen LogP contribution in [0, 0.1) is 5.82 Å². The molecular formula is C11H13BrFNO2. The molecule has 1 amide bonds. The summed E-state index contributed by atoms with van der Waals surface area (Å²) in [5.74, 6) is -0.497. The van der Waals surface area contributed by atoms with Crippen LogP contribution >= 0.6 is 15.9 Å². The minimum Gasteiger partial charge on any atom is -0.494 e. The number of nitrogens with one attached hydrogen (secondary N) is 1. The molecule has 1 aromatic rings. The maximum atomic E-state index is 13.1. The number of rotatable bonds is 4. The molecule has 88 valence electrons. The van der Waals surface area contributed by atoms with E-state index in [9.17, 15) is 9.18 Å². The number of ether oxygens (including phenoxy) is 1. The van der Waals surface area contributed by atoms with Crippen molar-refractivity contribution in [1.29, 1.82) is 0 Å². The molecule has 0 aliphatic rings. The van der Waals surface area contributed by atoms with Crippen LogP contribution in [0.1, 0.15) is 13.3 Å². The lowest BCUT2D eigenvalue weighted by Crippen LogP contribution is -2.21. The summed E-state index contributed by atoms with van der Waals surface area (Å²) in [7, 11) is 1.38. The SMILES string of the molecule is CCC(Br)C(=O)Nc1ccc(F)c(OC)c1. The first-order valence-corrected chi connectivity index (χ1v) is 5.78. The van der Waals surface area contributed by atoms with Crippen molar-refractivity contribution in [1.82, 2.24) is 0 Å². The van der Waals surface area contributed by atoms with Crippen LogP contribution in [0.4, 0.5) is 10.1 Å². The molecule has 1 N–H and O–H groups in total. The number of amides is 1. The van der Waals surface area contributed by atoms with Crippen LogP contribution in [0.2, 0.25) is 0 Å². The molecule has 0 aromatic heterocycles. The maximum Gasteiger partial charge on any atom is 0.238 e. The zero-order valence-electron chi connectivity index (χ0n) is 9.09. The zero-order valence-corrected chi connectivity index (χ0v) is 10.7. The van der Waals surface area contributed by atoms with E-state index >= 15 is 0 Å². The highest BCUT2D eigenvalue weighted by molar-refractivity contribution is 9.10. The van der Waals surface area contributed by atoms with Crippen LogP contribution < -0.4 is 10.1 Å². The molecule has 0 aliphatic carbocycles. The average molecular weight is 290 g/mol. The zero-order chi connectivity index (χ0) is 12.1. The number of halogens is 2. The number of methoxy groups -OCH3 is 1. The molecule has 1 rings (SSSR count). The Morgan fingerprint density at radius 2 is 2.31 bits per heavy atom. The molecule has 5 heteroatoms. The topological polar surface area (TPSA) is 38.3 Å². The summed E-state index contributed by atoms with van der Waals surface area (Å²) in [6.07, 6.45) is 0.685. The number of carbonyl (C=O) groups is 1. The number of carbonyl (C=O) groups excluding carboxylic acids is 1.